The summed E-state index contributed by atoms with van der Waals surface area (Å²) in [5.74, 6) is -0.627. The summed E-state index contributed by atoms with van der Waals surface area (Å²) < 4.78 is 0. The van der Waals surface area contributed by atoms with Gasteiger partial charge in [-0.3, -0.25) is 14.6 Å². The van der Waals surface area contributed by atoms with Crippen molar-refractivity contribution in [1.29, 1.82) is 0 Å². The number of hydrogen-bond acceptors (Lipinski definition) is 3. The fraction of sp³-hybridized carbons (Fsp3) is 0.0714. The zero-order valence-electron chi connectivity index (χ0n) is 9.77. The van der Waals surface area contributed by atoms with E-state index >= 15 is 0 Å². The summed E-state index contributed by atoms with van der Waals surface area (Å²) in [6.45, 7) is 0. The van der Waals surface area contributed by atoms with Gasteiger partial charge in [0.1, 0.15) is 0 Å². The first-order chi connectivity index (χ1) is 9.09. The molecule has 0 saturated carbocycles. The van der Waals surface area contributed by atoms with Crippen molar-refractivity contribution in [3.8, 4) is 0 Å². The first-order valence-corrected chi connectivity index (χ1v) is 6.25. The third-order valence-corrected chi connectivity index (χ3v) is 3.39. The molecule has 1 heterocycles. The number of benzene rings is 1. The third kappa shape index (κ3) is 3.19. The molecule has 0 aliphatic heterocycles. The molecule has 0 aliphatic carbocycles. The second kappa shape index (κ2) is 5.95. The topological polar surface area (TPSA) is 47.0 Å². The van der Waals surface area contributed by atoms with Gasteiger partial charge in [0.2, 0.25) is 0 Å². The van der Waals surface area contributed by atoms with E-state index in [1.165, 1.54) is 12.4 Å². The highest BCUT2D eigenvalue weighted by Crippen LogP contribution is 2.26. The number of pyridine rings is 1. The number of hydrogen-bond donors (Lipinski definition) is 0. The summed E-state index contributed by atoms with van der Waals surface area (Å²) in [6, 6.07) is 7.89. The summed E-state index contributed by atoms with van der Waals surface area (Å²) in [5, 5.41) is 0.473. The predicted molar refractivity (Wildman–Crippen MR) is 74.0 cm³/mol. The van der Waals surface area contributed by atoms with E-state index in [4.69, 9.17) is 23.2 Å². The van der Waals surface area contributed by atoms with E-state index in [0.717, 1.165) is 0 Å². The lowest BCUT2D eigenvalue weighted by molar-refractivity contribution is 0.0894. The van der Waals surface area contributed by atoms with Crippen LogP contribution in [-0.2, 0) is 0 Å². The Morgan fingerprint density at radius 2 is 1.68 bits per heavy atom. The second-order valence-corrected chi connectivity index (χ2v) is 4.65. The molecule has 96 valence electrons. The maximum atomic E-state index is 12.0. The number of rotatable bonds is 4. The Bertz CT molecular complexity index is 627. The SMILES string of the molecule is O=C(CC(=O)c1cccc(Cl)c1Cl)c1ccncc1. The molecule has 5 heteroatoms. The van der Waals surface area contributed by atoms with Gasteiger partial charge in [0.15, 0.2) is 11.6 Å². The van der Waals surface area contributed by atoms with Crippen LogP contribution in [0.3, 0.4) is 0 Å². The van der Waals surface area contributed by atoms with Crippen molar-refractivity contribution in [2.75, 3.05) is 0 Å². The van der Waals surface area contributed by atoms with Crippen molar-refractivity contribution in [1.82, 2.24) is 4.98 Å². The molecule has 2 rings (SSSR count). The van der Waals surface area contributed by atoms with Crippen LogP contribution in [0.1, 0.15) is 27.1 Å². The van der Waals surface area contributed by atoms with Gasteiger partial charge in [-0.05, 0) is 24.3 Å². The van der Waals surface area contributed by atoms with Crippen LogP contribution in [0.15, 0.2) is 42.7 Å². The van der Waals surface area contributed by atoms with Crippen molar-refractivity contribution >= 4 is 34.8 Å². The van der Waals surface area contributed by atoms with Gasteiger partial charge in [-0.15, -0.1) is 0 Å². The Morgan fingerprint density at radius 3 is 2.37 bits per heavy atom. The fourth-order valence-electron chi connectivity index (χ4n) is 1.60. The van der Waals surface area contributed by atoms with E-state index in [9.17, 15) is 9.59 Å². The first-order valence-electron chi connectivity index (χ1n) is 5.50. The van der Waals surface area contributed by atoms with E-state index in [0.29, 0.717) is 10.6 Å². The molecule has 0 radical (unpaired) electrons. The smallest absolute Gasteiger partial charge is 0.172 e. The van der Waals surface area contributed by atoms with Crippen LogP contribution in [-0.4, -0.2) is 16.6 Å². The van der Waals surface area contributed by atoms with Crippen molar-refractivity contribution in [2.45, 2.75) is 6.42 Å². The van der Waals surface area contributed by atoms with Crippen LogP contribution in [0.2, 0.25) is 10.0 Å². The Kier molecular flexibility index (Phi) is 4.30. The van der Waals surface area contributed by atoms with E-state index in [-0.39, 0.29) is 28.6 Å². The molecule has 0 saturated heterocycles. The summed E-state index contributed by atoms with van der Waals surface area (Å²) in [4.78, 5) is 27.7. The lowest BCUT2D eigenvalue weighted by Gasteiger charge is -2.04. The van der Waals surface area contributed by atoms with Crippen molar-refractivity contribution in [3.63, 3.8) is 0 Å². The molecule has 0 spiro atoms. The number of Topliss-reactive ketones (excluding diaryl/α,β-unsaturated/α-hetero) is 2. The quantitative estimate of drug-likeness (QED) is 0.635. The summed E-state index contributed by atoms with van der Waals surface area (Å²) in [6.07, 6.45) is 2.76. The number of halogens is 2. The van der Waals surface area contributed by atoms with Crippen LogP contribution >= 0.6 is 23.2 Å². The van der Waals surface area contributed by atoms with Crippen molar-refractivity contribution < 1.29 is 9.59 Å². The highest BCUT2D eigenvalue weighted by molar-refractivity contribution is 6.44. The molecule has 0 aliphatic rings. The number of ketones is 2. The van der Waals surface area contributed by atoms with E-state index in [2.05, 4.69) is 4.98 Å². The van der Waals surface area contributed by atoms with Crippen LogP contribution < -0.4 is 0 Å². The zero-order chi connectivity index (χ0) is 13.8. The number of carbonyl (C=O) groups excluding carboxylic acids is 2. The average Bonchev–Trinajstić information content (AvgIpc) is 2.42. The predicted octanol–water partition coefficient (Wildman–Crippen LogP) is 3.84. The molecule has 0 N–H and O–H groups in total. The van der Waals surface area contributed by atoms with Gasteiger partial charge in [-0.25, -0.2) is 0 Å². The lowest BCUT2D eigenvalue weighted by atomic mass is 10.0. The lowest BCUT2D eigenvalue weighted by Crippen LogP contribution is -2.09. The van der Waals surface area contributed by atoms with Gasteiger partial charge >= 0.3 is 0 Å². The monoisotopic (exact) mass is 293 g/mol. The van der Waals surface area contributed by atoms with Crippen LogP contribution in [0, 0.1) is 0 Å². The van der Waals surface area contributed by atoms with Gasteiger partial charge < -0.3 is 0 Å². The molecular weight excluding hydrogens is 285 g/mol. The Hall–Kier alpha value is -1.71. The molecule has 1 aromatic heterocycles. The van der Waals surface area contributed by atoms with Crippen LogP contribution in [0.25, 0.3) is 0 Å². The molecule has 1 aromatic carbocycles. The van der Waals surface area contributed by atoms with E-state index in [1.54, 1.807) is 30.3 Å². The summed E-state index contributed by atoms with van der Waals surface area (Å²) in [5.41, 5.74) is 0.707. The molecule has 19 heavy (non-hydrogen) atoms. The number of aromatic nitrogens is 1. The van der Waals surface area contributed by atoms with Crippen molar-refractivity contribution in [3.05, 3.63) is 63.9 Å². The zero-order valence-corrected chi connectivity index (χ0v) is 11.3. The van der Waals surface area contributed by atoms with Crippen molar-refractivity contribution in [2.24, 2.45) is 0 Å². The fourth-order valence-corrected chi connectivity index (χ4v) is 2.01. The van der Waals surface area contributed by atoms with Gasteiger partial charge in [0, 0.05) is 23.5 Å². The van der Waals surface area contributed by atoms with Gasteiger partial charge in [-0.1, -0.05) is 29.3 Å². The maximum absolute atomic E-state index is 12.0. The standard InChI is InChI=1S/C14H9Cl2NO2/c15-11-3-1-2-10(14(11)16)13(19)8-12(18)9-4-6-17-7-5-9/h1-7H,8H2. The van der Waals surface area contributed by atoms with Gasteiger partial charge in [0.25, 0.3) is 0 Å². The van der Waals surface area contributed by atoms with Gasteiger partial charge in [0.05, 0.1) is 16.5 Å². The summed E-state index contributed by atoms with van der Waals surface area (Å²) >= 11 is 11.8. The molecule has 0 bridgehead atoms. The minimum Gasteiger partial charge on any atom is -0.294 e. The van der Waals surface area contributed by atoms with Gasteiger partial charge in [-0.2, -0.15) is 0 Å². The Labute approximate surface area is 120 Å². The number of carbonyl (C=O) groups is 2. The largest absolute Gasteiger partial charge is 0.294 e. The minimum absolute atomic E-state index is 0.177. The van der Waals surface area contributed by atoms with E-state index < -0.39 is 0 Å². The molecule has 2 aromatic rings. The summed E-state index contributed by atoms with van der Waals surface area (Å²) in [7, 11) is 0. The molecule has 0 fully saturated rings. The molecule has 0 unspecified atom stereocenters. The minimum atomic E-state index is -0.352. The van der Waals surface area contributed by atoms with Crippen LogP contribution in [0.5, 0.6) is 0 Å². The molecule has 0 atom stereocenters. The average molecular weight is 294 g/mol. The van der Waals surface area contributed by atoms with Crippen LogP contribution in [0.4, 0.5) is 0 Å². The normalized spacial score (nSPS) is 10.2. The molecular formula is C14H9Cl2NO2. The first kappa shape index (κ1) is 13.7. The highest BCUT2D eigenvalue weighted by Gasteiger charge is 2.17. The Balaban J connectivity index is 2.18. The third-order valence-electron chi connectivity index (χ3n) is 2.58. The maximum Gasteiger partial charge on any atom is 0.172 e. The highest BCUT2D eigenvalue weighted by atomic mass is 35.5. The molecule has 3 nitrogen and oxygen atoms in total. The Morgan fingerprint density at radius 1 is 1.00 bits per heavy atom. The molecule has 0 amide bonds. The van der Waals surface area contributed by atoms with E-state index in [1.807, 2.05) is 0 Å². The second-order valence-electron chi connectivity index (χ2n) is 3.86. The number of nitrogens with zero attached hydrogens (tertiary/aromatic N) is 1.